The van der Waals surface area contributed by atoms with Crippen LogP contribution >= 0.6 is 15.9 Å². The molecule has 0 spiro atoms. The summed E-state index contributed by atoms with van der Waals surface area (Å²) in [5.74, 6) is 6.14. The summed E-state index contributed by atoms with van der Waals surface area (Å²) in [6.45, 7) is 0. The first kappa shape index (κ1) is 13.2. The van der Waals surface area contributed by atoms with Crippen molar-refractivity contribution in [2.24, 2.45) is 12.9 Å². The van der Waals surface area contributed by atoms with Gasteiger partial charge in [0, 0.05) is 30.3 Å². The van der Waals surface area contributed by atoms with Gasteiger partial charge in [0.2, 0.25) is 0 Å². The predicted molar refractivity (Wildman–Crippen MR) is 71.1 cm³/mol. The standard InChI is InChI=1S/C12H14BrFN4/c1-18-3-2-16-12(18)7-11(17-15)8-4-9(13)6-10(14)5-8/h2-6,11,17H,7,15H2,1H3. The van der Waals surface area contributed by atoms with Crippen molar-refractivity contribution in [1.82, 2.24) is 15.0 Å². The Morgan fingerprint density at radius 3 is 2.83 bits per heavy atom. The Kier molecular flexibility index (Phi) is 4.11. The first-order chi connectivity index (χ1) is 8.60. The summed E-state index contributed by atoms with van der Waals surface area (Å²) in [4.78, 5) is 4.24. The number of aromatic nitrogens is 2. The summed E-state index contributed by atoms with van der Waals surface area (Å²) >= 11 is 3.27. The first-order valence-corrected chi connectivity index (χ1v) is 6.27. The second-order valence-electron chi connectivity index (χ2n) is 4.08. The van der Waals surface area contributed by atoms with E-state index in [2.05, 4.69) is 26.3 Å². The van der Waals surface area contributed by atoms with Gasteiger partial charge in [-0.25, -0.2) is 9.37 Å². The SMILES string of the molecule is Cn1ccnc1CC(NN)c1cc(F)cc(Br)c1. The fourth-order valence-corrected chi connectivity index (χ4v) is 2.31. The Bertz CT molecular complexity index is 520. The molecular formula is C12H14BrFN4. The first-order valence-electron chi connectivity index (χ1n) is 5.48. The van der Waals surface area contributed by atoms with Crippen LogP contribution in [0, 0.1) is 5.82 Å². The zero-order chi connectivity index (χ0) is 13.1. The van der Waals surface area contributed by atoms with Crippen LogP contribution < -0.4 is 11.3 Å². The average molecular weight is 313 g/mol. The molecule has 1 atom stereocenters. The zero-order valence-corrected chi connectivity index (χ0v) is 11.5. The Morgan fingerprint density at radius 2 is 2.28 bits per heavy atom. The van der Waals surface area contributed by atoms with Crippen LogP contribution in [0.4, 0.5) is 4.39 Å². The molecule has 0 aliphatic heterocycles. The van der Waals surface area contributed by atoms with E-state index in [0.717, 1.165) is 11.4 Å². The summed E-state index contributed by atoms with van der Waals surface area (Å²) in [7, 11) is 1.91. The third-order valence-electron chi connectivity index (χ3n) is 2.80. The van der Waals surface area contributed by atoms with Crippen molar-refractivity contribution in [3.8, 4) is 0 Å². The Labute approximate surface area is 113 Å². The molecule has 1 heterocycles. The van der Waals surface area contributed by atoms with E-state index >= 15 is 0 Å². The molecule has 0 aliphatic rings. The van der Waals surface area contributed by atoms with E-state index in [1.165, 1.54) is 12.1 Å². The number of nitrogens with one attached hydrogen (secondary N) is 1. The van der Waals surface area contributed by atoms with E-state index in [4.69, 9.17) is 5.84 Å². The highest BCUT2D eigenvalue weighted by Crippen LogP contribution is 2.22. The Morgan fingerprint density at radius 1 is 1.50 bits per heavy atom. The van der Waals surface area contributed by atoms with Crippen LogP contribution in [0.25, 0.3) is 0 Å². The molecule has 0 fully saturated rings. The number of hydrogen-bond donors (Lipinski definition) is 2. The van der Waals surface area contributed by atoms with Crippen molar-refractivity contribution in [1.29, 1.82) is 0 Å². The summed E-state index contributed by atoms with van der Waals surface area (Å²) in [6, 6.07) is 4.55. The van der Waals surface area contributed by atoms with Crippen LogP contribution in [0.1, 0.15) is 17.4 Å². The molecule has 0 bridgehead atoms. The fraction of sp³-hybridized carbons (Fsp3) is 0.250. The predicted octanol–water partition coefficient (Wildman–Crippen LogP) is 2.07. The van der Waals surface area contributed by atoms with Crippen molar-refractivity contribution in [3.63, 3.8) is 0 Å². The molecule has 0 saturated carbocycles. The van der Waals surface area contributed by atoms with Gasteiger partial charge in [-0.15, -0.1) is 0 Å². The molecule has 1 unspecified atom stereocenters. The topological polar surface area (TPSA) is 55.9 Å². The molecule has 1 aromatic heterocycles. The van der Waals surface area contributed by atoms with Crippen molar-refractivity contribution in [2.75, 3.05) is 0 Å². The van der Waals surface area contributed by atoms with Gasteiger partial charge in [0.25, 0.3) is 0 Å². The molecule has 4 nitrogen and oxygen atoms in total. The lowest BCUT2D eigenvalue weighted by Gasteiger charge is -2.16. The molecule has 0 aliphatic carbocycles. The van der Waals surface area contributed by atoms with Gasteiger partial charge in [-0.1, -0.05) is 15.9 Å². The largest absolute Gasteiger partial charge is 0.338 e. The lowest BCUT2D eigenvalue weighted by atomic mass is 10.0. The summed E-state index contributed by atoms with van der Waals surface area (Å²) in [5.41, 5.74) is 3.48. The van der Waals surface area contributed by atoms with Gasteiger partial charge < -0.3 is 4.57 Å². The van der Waals surface area contributed by atoms with Gasteiger partial charge in [0.15, 0.2) is 0 Å². The van der Waals surface area contributed by atoms with Crippen LogP contribution in [-0.2, 0) is 13.5 Å². The quantitative estimate of drug-likeness (QED) is 0.671. The van der Waals surface area contributed by atoms with Crippen molar-refractivity contribution in [2.45, 2.75) is 12.5 Å². The minimum absolute atomic E-state index is 0.182. The van der Waals surface area contributed by atoms with Crippen molar-refractivity contribution >= 4 is 15.9 Å². The van der Waals surface area contributed by atoms with Gasteiger partial charge in [0.05, 0.1) is 6.04 Å². The number of hydrazine groups is 1. The molecule has 0 amide bonds. The van der Waals surface area contributed by atoms with E-state index in [1.54, 1.807) is 6.20 Å². The second-order valence-corrected chi connectivity index (χ2v) is 5.00. The lowest BCUT2D eigenvalue weighted by molar-refractivity contribution is 0.524. The van der Waals surface area contributed by atoms with Crippen molar-refractivity contribution in [3.05, 3.63) is 52.3 Å². The number of nitrogens with two attached hydrogens (primary N) is 1. The maximum atomic E-state index is 13.4. The number of halogens is 2. The molecule has 3 N–H and O–H groups in total. The maximum Gasteiger partial charge on any atom is 0.124 e. The van der Waals surface area contributed by atoms with Crippen molar-refractivity contribution < 1.29 is 4.39 Å². The number of hydrogen-bond acceptors (Lipinski definition) is 3. The normalized spacial score (nSPS) is 12.7. The molecule has 0 saturated heterocycles. The van der Waals surface area contributed by atoms with Crippen LogP contribution in [-0.4, -0.2) is 9.55 Å². The maximum absolute atomic E-state index is 13.4. The van der Waals surface area contributed by atoms with E-state index in [-0.39, 0.29) is 11.9 Å². The van der Waals surface area contributed by atoms with Crippen LogP contribution in [0.5, 0.6) is 0 Å². The Balaban J connectivity index is 2.25. The fourth-order valence-electron chi connectivity index (χ4n) is 1.83. The average Bonchev–Trinajstić information content (AvgIpc) is 2.70. The monoisotopic (exact) mass is 312 g/mol. The number of imidazole rings is 1. The second kappa shape index (κ2) is 5.60. The number of benzene rings is 1. The smallest absolute Gasteiger partial charge is 0.124 e. The lowest BCUT2D eigenvalue weighted by Crippen LogP contribution is -2.30. The Hall–Kier alpha value is -1.24. The highest BCUT2D eigenvalue weighted by molar-refractivity contribution is 9.10. The van der Waals surface area contributed by atoms with Gasteiger partial charge in [-0.2, -0.15) is 0 Å². The molecule has 1 aromatic carbocycles. The minimum Gasteiger partial charge on any atom is -0.338 e. The molecular weight excluding hydrogens is 299 g/mol. The van der Waals surface area contributed by atoms with E-state index in [9.17, 15) is 4.39 Å². The third kappa shape index (κ3) is 2.95. The van der Waals surface area contributed by atoms with E-state index in [1.807, 2.05) is 23.9 Å². The molecule has 96 valence electrons. The van der Waals surface area contributed by atoms with Gasteiger partial charge in [-0.05, 0) is 23.8 Å². The molecule has 2 aromatic rings. The van der Waals surface area contributed by atoms with Crippen LogP contribution in [0.3, 0.4) is 0 Å². The molecule has 0 radical (unpaired) electrons. The van der Waals surface area contributed by atoms with Crippen LogP contribution in [0.2, 0.25) is 0 Å². The minimum atomic E-state index is -0.292. The molecule has 6 heteroatoms. The van der Waals surface area contributed by atoms with Gasteiger partial charge >= 0.3 is 0 Å². The highest BCUT2D eigenvalue weighted by atomic mass is 79.9. The summed E-state index contributed by atoms with van der Waals surface area (Å²) < 4.78 is 16.0. The third-order valence-corrected chi connectivity index (χ3v) is 3.25. The molecule has 2 rings (SSSR count). The summed E-state index contributed by atoms with van der Waals surface area (Å²) in [5, 5.41) is 0. The molecule has 18 heavy (non-hydrogen) atoms. The van der Waals surface area contributed by atoms with Gasteiger partial charge in [-0.3, -0.25) is 11.3 Å². The van der Waals surface area contributed by atoms with Gasteiger partial charge in [0.1, 0.15) is 11.6 Å². The van der Waals surface area contributed by atoms with E-state index < -0.39 is 0 Å². The zero-order valence-electron chi connectivity index (χ0n) is 9.90. The van der Waals surface area contributed by atoms with Crippen LogP contribution in [0.15, 0.2) is 35.1 Å². The number of rotatable bonds is 4. The number of aryl methyl sites for hydroxylation is 1. The highest BCUT2D eigenvalue weighted by Gasteiger charge is 2.14. The van der Waals surface area contributed by atoms with E-state index in [0.29, 0.717) is 10.9 Å². The summed E-state index contributed by atoms with van der Waals surface area (Å²) in [6.07, 6.45) is 4.19. The number of nitrogens with zero attached hydrogens (tertiary/aromatic N) is 2.